The summed E-state index contributed by atoms with van der Waals surface area (Å²) in [6.07, 6.45) is 0.457. The minimum absolute atomic E-state index is 0.105. The van der Waals surface area contributed by atoms with Gasteiger partial charge in [0.05, 0.1) is 26.3 Å². The van der Waals surface area contributed by atoms with Gasteiger partial charge in [0, 0.05) is 18.3 Å². The molecule has 0 aromatic rings. The highest BCUT2D eigenvalue weighted by Gasteiger charge is 2.45. The number of rotatable bonds is 4. The Balaban J connectivity index is 2.44. The summed E-state index contributed by atoms with van der Waals surface area (Å²) in [7, 11) is 3.93. The summed E-state index contributed by atoms with van der Waals surface area (Å²) in [5.74, 6) is -3.80. The molecule has 0 unspecified atom stereocenters. The molecule has 0 saturated carbocycles. The highest BCUT2D eigenvalue weighted by atomic mass is 16.7. The number of Topliss-reactive ketones (excluding diaryl/α,β-unsaturated/α-hetero) is 1. The Morgan fingerprint density at radius 3 is 2.30 bits per heavy atom. The molecule has 0 bridgehead atoms. The number of likely N-dealkylation sites (N-methyl/N-ethyl adjacent to an activating group) is 1. The van der Waals surface area contributed by atoms with Crippen molar-refractivity contribution in [1.82, 2.24) is 0 Å². The number of nitrogens with one attached hydrogen (secondary N) is 1. The second-order valence-electron chi connectivity index (χ2n) is 11.6. The molecule has 9 nitrogen and oxygen atoms in total. The number of esters is 1. The van der Waals surface area contributed by atoms with E-state index in [-0.39, 0.29) is 29.6 Å². The number of allylic oxidation sites excluding steroid dienone is 1. The molecule has 2 rings (SSSR count). The SMILES string of the molecule is CC[C@H]1OC(=O)[C@H](C)C(=O)[C@H](C)[C@@H](O[C@@H]2O[C@H](C)C[C@H]([NH+](C)C)[C@H]2O)[C@@H](C)C[C@@H](C)C(=O)/C=C/[C@]1(C)O. The van der Waals surface area contributed by atoms with Crippen LogP contribution in [0, 0.1) is 23.7 Å². The molecule has 0 aromatic carbocycles. The Hall–Kier alpha value is -1.65. The number of carbonyl (C=O) groups excluding carboxylic acids is 3. The van der Waals surface area contributed by atoms with Crippen molar-refractivity contribution < 1.29 is 43.7 Å². The summed E-state index contributed by atoms with van der Waals surface area (Å²) < 4.78 is 17.9. The first kappa shape index (κ1) is 31.6. The van der Waals surface area contributed by atoms with Gasteiger partial charge in [-0.05, 0) is 51.7 Å². The second-order valence-corrected chi connectivity index (χ2v) is 11.6. The minimum Gasteiger partial charge on any atom is -0.458 e. The van der Waals surface area contributed by atoms with E-state index in [4.69, 9.17) is 14.2 Å². The summed E-state index contributed by atoms with van der Waals surface area (Å²) >= 11 is 0. The summed E-state index contributed by atoms with van der Waals surface area (Å²) in [5.41, 5.74) is -1.56. The van der Waals surface area contributed by atoms with Gasteiger partial charge < -0.3 is 29.3 Å². The van der Waals surface area contributed by atoms with E-state index < -0.39 is 53.9 Å². The minimum atomic E-state index is -1.56. The maximum absolute atomic E-state index is 13.5. The monoisotopic (exact) mass is 526 g/mol. The molecule has 9 heteroatoms. The molecule has 0 amide bonds. The summed E-state index contributed by atoms with van der Waals surface area (Å²) in [5, 5.41) is 21.9. The number of aliphatic hydroxyl groups excluding tert-OH is 1. The molecule has 2 aliphatic heterocycles. The molecule has 3 N–H and O–H groups in total. The van der Waals surface area contributed by atoms with Crippen molar-refractivity contribution >= 4 is 17.5 Å². The van der Waals surface area contributed by atoms with Crippen molar-refractivity contribution in [2.24, 2.45) is 23.7 Å². The predicted octanol–water partition coefficient (Wildman–Crippen LogP) is 1.10. The number of hydrogen-bond acceptors (Lipinski definition) is 8. The van der Waals surface area contributed by atoms with Crippen LogP contribution in [0.1, 0.15) is 67.7 Å². The van der Waals surface area contributed by atoms with Gasteiger partial charge in [-0.3, -0.25) is 14.4 Å². The molecular weight excluding hydrogens is 478 g/mol. The van der Waals surface area contributed by atoms with E-state index in [1.165, 1.54) is 26.0 Å². The van der Waals surface area contributed by atoms with E-state index in [9.17, 15) is 24.6 Å². The largest absolute Gasteiger partial charge is 0.458 e. The van der Waals surface area contributed by atoms with Crippen molar-refractivity contribution in [3.05, 3.63) is 12.2 Å². The molecule has 11 atom stereocenters. The van der Waals surface area contributed by atoms with Gasteiger partial charge in [-0.1, -0.05) is 27.7 Å². The molecular formula is C28H48NO8+. The highest BCUT2D eigenvalue weighted by molar-refractivity contribution is 6.00. The number of quaternary nitrogens is 1. The Kier molecular flexibility index (Phi) is 11.0. The van der Waals surface area contributed by atoms with Gasteiger partial charge >= 0.3 is 5.97 Å². The number of hydrogen-bond donors (Lipinski definition) is 3. The standard InChI is InChI=1S/C28H47NO8/c1-10-22-28(7,34)12-11-21(30)15(2)13-16(3)25(18(5)23(31)19(6)26(33)36-22)37-27-24(32)20(29(8)9)14-17(4)35-27/h11-12,15-20,22,24-25,27,32,34H,10,13-14H2,1-9H3/p+1/b12-11+/t15-,16+,17-,18+,19-,20+,22-,24-,25+,27+,28+/m1/s1. The van der Waals surface area contributed by atoms with Crippen LogP contribution in [0.15, 0.2) is 12.2 Å². The van der Waals surface area contributed by atoms with E-state index in [1.54, 1.807) is 20.8 Å². The molecule has 0 aromatic heterocycles. The third-order valence-electron chi connectivity index (χ3n) is 8.04. The average molecular weight is 527 g/mol. The number of cyclic esters (lactones) is 1. The third kappa shape index (κ3) is 7.69. The highest BCUT2D eigenvalue weighted by Crippen LogP contribution is 2.32. The van der Waals surface area contributed by atoms with Crippen molar-refractivity contribution in [2.45, 2.75) is 110 Å². The van der Waals surface area contributed by atoms with Gasteiger partial charge in [0.1, 0.15) is 23.7 Å². The molecule has 0 aliphatic carbocycles. The Bertz CT molecular complexity index is 840. The van der Waals surface area contributed by atoms with Crippen molar-refractivity contribution in [3.63, 3.8) is 0 Å². The fourth-order valence-electron chi connectivity index (χ4n) is 5.50. The Morgan fingerprint density at radius 2 is 1.73 bits per heavy atom. The van der Waals surface area contributed by atoms with E-state index in [2.05, 4.69) is 0 Å². The quantitative estimate of drug-likeness (QED) is 0.368. The van der Waals surface area contributed by atoms with Gasteiger partial charge in [-0.15, -0.1) is 0 Å². The first-order valence-corrected chi connectivity index (χ1v) is 13.6. The fraction of sp³-hybridized carbons (Fsp3) is 0.821. The number of aliphatic hydroxyl groups is 2. The summed E-state index contributed by atoms with van der Waals surface area (Å²) in [4.78, 5) is 40.4. The van der Waals surface area contributed by atoms with Crippen LogP contribution >= 0.6 is 0 Å². The van der Waals surface area contributed by atoms with Crippen LogP contribution < -0.4 is 4.90 Å². The Labute approximate surface area is 221 Å². The van der Waals surface area contributed by atoms with Gasteiger partial charge in [-0.25, -0.2) is 0 Å². The van der Waals surface area contributed by atoms with Gasteiger partial charge in [0.25, 0.3) is 0 Å². The lowest BCUT2D eigenvalue weighted by molar-refractivity contribution is -0.893. The maximum atomic E-state index is 13.5. The molecule has 37 heavy (non-hydrogen) atoms. The molecule has 1 fully saturated rings. The topological polar surface area (TPSA) is 124 Å². The van der Waals surface area contributed by atoms with Crippen LogP contribution in [0.5, 0.6) is 0 Å². The smallest absolute Gasteiger partial charge is 0.316 e. The zero-order chi connectivity index (χ0) is 28.2. The van der Waals surface area contributed by atoms with Gasteiger partial charge in [0.15, 0.2) is 24.0 Å². The van der Waals surface area contributed by atoms with E-state index in [0.29, 0.717) is 19.3 Å². The van der Waals surface area contributed by atoms with Crippen molar-refractivity contribution in [1.29, 1.82) is 0 Å². The average Bonchev–Trinajstić information content (AvgIpc) is 2.83. The van der Waals surface area contributed by atoms with Crippen LogP contribution in [0.3, 0.4) is 0 Å². The van der Waals surface area contributed by atoms with Crippen LogP contribution in [-0.2, 0) is 28.6 Å². The summed E-state index contributed by atoms with van der Waals surface area (Å²) in [6.45, 7) is 12.1. The molecule has 2 heterocycles. The molecule has 0 radical (unpaired) electrons. The lowest BCUT2D eigenvalue weighted by Crippen LogP contribution is -3.12. The maximum Gasteiger partial charge on any atom is 0.316 e. The summed E-state index contributed by atoms with van der Waals surface area (Å²) in [6, 6.07) is -0.105. The van der Waals surface area contributed by atoms with Crippen molar-refractivity contribution in [3.8, 4) is 0 Å². The van der Waals surface area contributed by atoms with Crippen LogP contribution in [0.4, 0.5) is 0 Å². The lowest BCUT2D eigenvalue weighted by Gasteiger charge is -2.42. The fourth-order valence-corrected chi connectivity index (χ4v) is 5.50. The first-order valence-electron chi connectivity index (χ1n) is 13.6. The normalized spacial score (nSPS) is 43.8. The first-order chi connectivity index (χ1) is 17.1. The molecule has 212 valence electrons. The lowest BCUT2D eigenvalue weighted by atomic mass is 9.80. The zero-order valence-corrected chi connectivity index (χ0v) is 23.9. The molecule has 0 spiro atoms. The zero-order valence-electron chi connectivity index (χ0n) is 23.9. The van der Waals surface area contributed by atoms with Gasteiger partial charge in [0.2, 0.25) is 0 Å². The Morgan fingerprint density at radius 1 is 1.11 bits per heavy atom. The number of carbonyl (C=O) groups is 3. The van der Waals surface area contributed by atoms with Crippen LogP contribution in [-0.4, -0.2) is 84.2 Å². The van der Waals surface area contributed by atoms with Crippen molar-refractivity contribution in [2.75, 3.05) is 14.1 Å². The molecule has 2 aliphatic rings. The van der Waals surface area contributed by atoms with E-state index in [0.717, 1.165) is 4.90 Å². The predicted molar refractivity (Wildman–Crippen MR) is 138 cm³/mol. The molecule has 1 saturated heterocycles. The van der Waals surface area contributed by atoms with Gasteiger partial charge in [-0.2, -0.15) is 0 Å². The van der Waals surface area contributed by atoms with E-state index >= 15 is 0 Å². The van der Waals surface area contributed by atoms with Crippen LogP contribution in [0.25, 0.3) is 0 Å². The van der Waals surface area contributed by atoms with Crippen LogP contribution in [0.2, 0.25) is 0 Å². The third-order valence-corrected chi connectivity index (χ3v) is 8.04. The van der Waals surface area contributed by atoms with E-state index in [1.807, 2.05) is 27.9 Å². The number of ether oxygens (including phenoxy) is 3. The second kappa shape index (κ2) is 12.9. The number of ketones is 2.